The molecule has 0 saturated heterocycles. The maximum absolute atomic E-state index is 13.0. The zero-order chi connectivity index (χ0) is 21.2. The first kappa shape index (κ1) is 21.6. The lowest BCUT2D eigenvalue weighted by molar-refractivity contribution is -0.143. The number of halogens is 6. The van der Waals surface area contributed by atoms with Crippen LogP contribution in [0.15, 0.2) is 48.5 Å². The van der Waals surface area contributed by atoms with Gasteiger partial charge in [-0.05, 0) is 48.1 Å². The number of hydrogen-bond donors (Lipinski definition) is 1. The Kier molecular flexibility index (Phi) is 6.24. The second kappa shape index (κ2) is 8.36. The maximum atomic E-state index is 13.0. The first-order valence-electron chi connectivity index (χ1n) is 9.15. The smallest absolute Gasteiger partial charge is 0.396 e. The molecule has 29 heavy (non-hydrogen) atoms. The van der Waals surface area contributed by atoms with Crippen molar-refractivity contribution in [2.45, 2.75) is 43.8 Å². The van der Waals surface area contributed by atoms with Crippen molar-refractivity contribution in [3.8, 4) is 0 Å². The van der Waals surface area contributed by atoms with Crippen LogP contribution in [0.1, 0.15) is 41.0 Å². The van der Waals surface area contributed by atoms with Crippen LogP contribution in [0.5, 0.6) is 0 Å². The Morgan fingerprint density at radius 2 is 1.45 bits per heavy atom. The van der Waals surface area contributed by atoms with E-state index in [4.69, 9.17) is 4.74 Å². The minimum atomic E-state index is -4.89. The van der Waals surface area contributed by atoms with Gasteiger partial charge in [0.15, 0.2) is 0 Å². The van der Waals surface area contributed by atoms with Crippen LogP contribution in [0.2, 0.25) is 0 Å². The molecule has 3 atom stereocenters. The molecule has 1 saturated carbocycles. The molecule has 3 rings (SSSR count). The van der Waals surface area contributed by atoms with Crippen molar-refractivity contribution < 1.29 is 36.2 Å². The van der Waals surface area contributed by atoms with Crippen molar-refractivity contribution in [2.24, 2.45) is 5.92 Å². The SMILES string of the molecule is OC[C@@H]1CC[C@H](OCc2cc(C(F)(F)F)cc(C(F)(F)F)c2)[C@H]1c1ccccc1. The lowest BCUT2D eigenvalue weighted by Gasteiger charge is -2.25. The number of aliphatic hydroxyl groups excluding tert-OH is 1. The van der Waals surface area contributed by atoms with Crippen LogP contribution in [-0.2, 0) is 23.7 Å². The number of hydrogen-bond acceptors (Lipinski definition) is 2. The van der Waals surface area contributed by atoms with Crippen molar-refractivity contribution in [1.29, 1.82) is 0 Å². The highest BCUT2D eigenvalue weighted by atomic mass is 19.4. The molecular weight excluding hydrogens is 398 g/mol. The summed E-state index contributed by atoms with van der Waals surface area (Å²) in [5, 5.41) is 9.65. The Balaban J connectivity index is 1.83. The van der Waals surface area contributed by atoms with Crippen molar-refractivity contribution in [3.05, 3.63) is 70.8 Å². The Labute approximate surface area is 164 Å². The third kappa shape index (κ3) is 5.11. The lowest BCUT2D eigenvalue weighted by atomic mass is 9.88. The molecule has 1 N–H and O–H groups in total. The first-order chi connectivity index (χ1) is 13.6. The van der Waals surface area contributed by atoms with Crippen molar-refractivity contribution in [3.63, 3.8) is 0 Å². The number of alkyl halides is 6. The summed E-state index contributed by atoms with van der Waals surface area (Å²) < 4.78 is 83.9. The molecule has 0 heterocycles. The lowest BCUT2D eigenvalue weighted by Crippen LogP contribution is -2.22. The van der Waals surface area contributed by atoms with E-state index >= 15 is 0 Å². The van der Waals surface area contributed by atoms with Gasteiger partial charge in [-0.2, -0.15) is 26.3 Å². The molecule has 0 spiro atoms. The Morgan fingerprint density at radius 3 is 1.97 bits per heavy atom. The summed E-state index contributed by atoms with van der Waals surface area (Å²) in [6, 6.07) is 10.7. The van der Waals surface area contributed by atoms with E-state index in [0.717, 1.165) is 5.56 Å². The van der Waals surface area contributed by atoms with Gasteiger partial charge < -0.3 is 9.84 Å². The molecule has 1 fully saturated rings. The van der Waals surface area contributed by atoms with Gasteiger partial charge >= 0.3 is 12.4 Å². The number of ether oxygens (including phenoxy) is 1. The molecule has 0 bridgehead atoms. The van der Waals surface area contributed by atoms with Crippen LogP contribution in [0.3, 0.4) is 0 Å². The summed E-state index contributed by atoms with van der Waals surface area (Å²) in [6.07, 6.45) is -8.96. The number of benzene rings is 2. The summed E-state index contributed by atoms with van der Waals surface area (Å²) in [5.74, 6) is -0.247. The van der Waals surface area contributed by atoms with Gasteiger partial charge in [0.25, 0.3) is 0 Å². The fourth-order valence-corrected chi connectivity index (χ4v) is 3.90. The normalized spacial score (nSPS) is 22.8. The van der Waals surface area contributed by atoms with Gasteiger partial charge in [0, 0.05) is 12.5 Å². The van der Waals surface area contributed by atoms with E-state index in [9.17, 15) is 31.4 Å². The van der Waals surface area contributed by atoms with Crippen LogP contribution in [0, 0.1) is 5.92 Å². The maximum Gasteiger partial charge on any atom is 0.416 e. The predicted molar refractivity (Wildman–Crippen MR) is 94.0 cm³/mol. The van der Waals surface area contributed by atoms with Crippen LogP contribution < -0.4 is 0 Å². The minimum absolute atomic E-state index is 0.0683. The van der Waals surface area contributed by atoms with Gasteiger partial charge in [0.2, 0.25) is 0 Å². The fraction of sp³-hybridized carbons (Fsp3) is 0.429. The standard InChI is InChI=1S/C21H20F6O2/c22-20(23,24)16-8-13(9-17(10-16)21(25,26)27)12-29-18-7-6-15(11-28)19(18)14-4-2-1-3-5-14/h1-5,8-10,15,18-19,28H,6-7,11-12H2/t15-,18-,19-/m0/s1. The van der Waals surface area contributed by atoms with E-state index in [0.29, 0.717) is 25.0 Å². The molecule has 0 amide bonds. The van der Waals surface area contributed by atoms with Gasteiger partial charge in [-0.3, -0.25) is 0 Å². The van der Waals surface area contributed by atoms with Crippen molar-refractivity contribution in [1.82, 2.24) is 0 Å². The van der Waals surface area contributed by atoms with Gasteiger partial charge in [-0.25, -0.2) is 0 Å². The Morgan fingerprint density at radius 1 is 0.862 bits per heavy atom. The predicted octanol–water partition coefficient (Wildman–Crippen LogP) is 5.80. The van der Waals surface area contributed by atoms with E-state index in [-0.39, 0.29) is 36.7 Å². The molecule has 2 nitrogen and oxygen atoms in total. The van der Waals surface area contributed by atoms with Crippen molar-refractivity contribution >= 4 is 0 Å². The molecule has 1 aliphatic carbocycles. The molecule has 0 radical (unpaired) electrons. The topological polar surface area (TPSA) is 29.5 Å². The molecule has 2 aromatic carbocycles. The molecular formula is C21H20F6O2. The molecule has 158 valence electrons. The van der Waals surface area contributed by atoms with Gasteiger partial charge in [-0.1, -0.05) is 30.3 Å². The average Bonchev–Trinajstić information content (AvgIpc) is 3.08. The van der Waals surface area contributed by atoms with E-state index < -0.39 is 29.6 Å². The average molecular weight is 418 g/mol. The molecule has 0 aliphatic heterocycles. The van der Waals surface area contributed by atoms with E-state index in [1.54, 1.807) is 0 Å². The third-order valence-corrected chi connectivity index (χ3v) is 5.26. The van der Waals surface area contributed by atoms with Gasteiger partial charge in [0.05, 0.1) is 23.8 Å². The van der Waals surface area contributed by atoms with E-state index in [2.05, 4.69) is 0 Å². The zero-order valence-electron chi connectivity index (χ0n) is 15.3. The fourth-order valence-electron chi connectivity index (χ4n) is 3.90. The Hall–Kier alpha value is -2.06. The molecule has 1 aliphatic rings. The Bertz CT molecular complexity index is 784. The molecule has 0 unspecified atom stereocenters. The molecule has 8 heteroatoms. The molecule has 2 aromatic rings. The highest BCUT2D eigenvalue weighted by molar-refractivity contribution is 5.33. The van der Waals surface area contributed by atoms with Crippen LogP contribution in [0.25, 0.3) is 0 Å². The van der Waals surface area contributed by atoms with E-state index in [1.165, 1.54) is 0 Å². The summed E-state index contributed by atoms with van der Waals surface area (Å²) in [5.41, 5.74) is -1.98. The second-order valence-electron chi connectivity index (χ2n) is 7.22. The summed E-state index contributed by atoms with van der Waals surface area (Å²) in [4.78, 5) is 0. The monoisotopic (exact) mass is 418 g/mol. The first-order valence-corrected chi connectivity index (χ1v) is 9.15. The minimum Gasteiger partial charge on any atom is -0.396 e. The third-order valence-electron chi connectivity index (χ3n) is 5.26. The van der Waals surface area contributed by atoms with Crippen molar-refractivity contribution in [2.75, 3.05) is 6.61 Å². The van der Waals surface area contributed by atoms with Crippen LogP contribution >= 0.6 is 0 Å². The summed E-state index contributed by atoms with van der Waals surface area (Å²) >= 11 is 0. The summed E-state index contributed by atoms with van der Waals surface area (Å²) in [7, 11) is 0. The summed E-state index contributed by atoms with van der Waals surface area (Å²) in [6.45, 7) is -0.444. The second-order valence-corrected chi connectivity index (χ2v) is 7.22. The largest absolute Gasteiger partial charge is 0.416 e. The quantitative estimate of drug-likeness (QED) is 0.623. The number of rotatable bonds is 5. The highest BCUT2D eigenvalue weighted by Gasteiger charge is 2.39. The van der Waals surface area contributed by atoms with Gasteiger partial charge in [-0.15, -0.1) is 0 Å². The highest BCUT2D eigenvalue weighted by Crippen LogP contribution is 2.42. The van der Waals surface area contributed by atoms with Gasteiger partial charge in [0.1, 0.15) is 0 Å². The van der Waals surface area contributed by atoms with Crippen LogP contribution in [-0.4, -0.2) is 17.8 Å². The molecule has 0 aromatic heterocycles. The zero-order valence-corrected chi connectivity index (χ0v) is 15.3. The van der Waals surface area contributed by atoms with Crippen LogP contribution in [0.4, 0.5) is 26.3 Å². The number of aliphatic hydroxyl groups is 1. The van der Waals surface area contributed by atoms with E-state index in [1.807, 2.05) is 30.3 Å².